The molecule has 1 aliphatic rings. The first-order valence-corrected chi connectivity index (χ1v) is 11.0. The van der Waals surface area contributed by atoms with Crippen molar-refractivity contribution < 1.29 is 17.6 Å². The van der Waals surface area contributed by atoms with Crippen LogP contribution in [0.25, 0.3) is 11.0 Å². The van der Waals surface area contributed by atoms with Gasteiger partial charge in [-0.25, -0.2) is 18.2 Å². The average Bonchev–Trinajstić information content (AvgIpc) is 3.07. The van der Waals surface area contributed by atoms with Crippen molar-refractivity contribution in [2.75, 3.05) is 18.4 Å². The number of hydrogen-bond acceptors (Lipinski definition) is 6. The minimum absolute atomic E-state index is 0.0354. The quantitative estimate of drug-likeness (QED) is 0.632. The van der Waals surface area contributed by atoms with Crippen LogP contribution in [-0.4, -0.2) is 41.3 Å². The van der Waals surface area contributed by atoms with Crippen LogP contribution in [0.3, 0.4) is 0 Å². The lowest BCUT2D eigenvalue weighted by molar-refractivity contribution is -0.120. The summed E-state index contributed by atoms with van der Waals surface area (Å²) in [6.07, 6.45) is 2.37. The molecule has 1 amide bonds. The number of carbonyl (C=O) groups is 1. The lowest BCUT2D eigenvalue weighted by Gasteiger charge is -2.29. The van der Waals surface area contributed by atoms with Crippen LogP contribution in [0.4, 0.5) is 5.69 Å². The van der Waals surface area contributed by atoms with Crippen LogP contribution in [0.1, 0.15) is 18.7 Å². The van der Waals surface area contributed by atoms with Crippen LogP contribution < -0.4 is 10.9 Å². The van der Waals surface area contributed by atoms with Gasteiger partial charge in [-0.15, -0.1) is 0 Å². The van der Waals surface area contributed by atoms with Crippen LogP contribution in [0, 0.1) is 12.8 Å². The highest BCUT2D eigenvalue weighted by molar-refractivity contribution is 7.89. The summed E-state index contributed by atoms with van der Waals surface area (Å²) >= 11 is 0. The van der Waals surface area contributed by atoms with E-state index in [-0.39, 0.29) is 29.9 Å². The molecule has 0 saturated carbocycles. The van der Waals surface area contributed by atoms with E-state index in [9.17, 15) is 18.0 Å². The number of nitrogens with one attached hydrogen (secondary N) is 1. The number of amides is 1. The van der Waals surface area contributed by atoms with E-state index in [0.29, 0.717) is 35.3 Å². The maximum absolute atomic E-state index is 12.8. The van der Waals surface area contributed by atoms with Crippen molar-refractivity contribution in [1.29, 1.82) is 0 Å². The molecule has 0 spiro atoms. The van der Waals surface area contributed by atoms with Gasteiger partial charge in [0.15, 0.2) is 5.03 Å². The average molecular weight is 430 g/mol. The molecule has 158 valence electrons. The third-order valence-electron chi connectivity index (χ3n) is 5.40. The van der Waals surface area contributed by atoms with Crippen molar-refractivity contribution in [3.8, 4) is 0 Å². The molecule has 0 aliphatic carbocycles. The van der Waals surface area contributed by atoms with Crippen molar-refractivity contribution in [1.82, 2.24) is 13.9 Å². The van der Waals surface area contributed by atoms with Gasteiger partial charge in [0.25, 0.3) is 10.0 Å². The van der Waals surface area contributed by atoms with Crippen molar-refractivity contribution in [3.05, 3.63) is 52.8 Å². The lowest BCUT2D eigenvalue weighted by atomic mass is 9.97. The van der Waals surface area contributed by atoms with E-state index < -0.39 is 15.6 Å². The van der Waals surface area contributed by atoms with E-state index in [4.69, 9.17) is 4.42 Å². The number of rotatable bonds is 4. The van der Waals surface area contributed by atoms with Gasteiger partial charge in [0.05, 0.1) is 0 Å². The van der Waals surface area contributed by atoms with Crippen molar-refractivity contribution in [2.24, 2.45) is 13.0 Å². The first-order chi connectivity index (χ1) is 14.2. The maximum atomic E-state index is 12.8. The number of piperidine rings is 1. The number of carbonyl (C=O) groups excluding carboxylic acids is 1. The second-order valence-corrected chi connectivity index (χ2v) is 9.30. The highest BCUT2D eigenvalue weighted by Crippen LogP contribution is 2.25. The second kappa shape index (κ2) is 7.69. The van der Waals surface area contributed by atoms with Crippen LogP contribution in [0.2, 0.25) is 0 Å². The van der Waals surface area contributed by atoms with Gasteiger partial charge >= 0.3 is 5.63 Å². The number of imidazole rings is 1. The Morgan fingerprint density at radius 3 is 2.60 bits per heavy atom. The van der Waals surface area contributed by atoms with Gasteiger partial charge in [-0.05, 0) is 44.0 Å². The van der Waals surface area contributed by atoms with Crippen molar-refractivity contribution >= 4 is 32.6 Å². The first-order valence-electron chi connectivity index (χ1n) is 9.59. The molecular formula is C20H22N4O5S. The van der Waals surface area contributed by atoms with Gasteiger partial charge in [0, 0.05) is 49.4 Å². The number of hydrogen-bond donors (Lipinski definition) is 1. The fourth-order valence-electron chi connectivity index (χ4n) is 3.54. The van der Waals surface area contributed by atoms with Crippen LogP contribution in [0.5, 0.6) is 0 Å². The summed E-state index contributed by atoms with van der Waals surface area (Å²) < 4.78 is 33.7. The van der Waals surface area contributed by atoms with Crippen LogP contribution in [0.15, 0.2) is 50.8 Å². The minimum Gasteiger partial charge on any atom is -0.423 e. The fraction of sp³-hybridized carbons (Fsp3) is 0.350. The molecule has 0 bridgehead atoms. The van der Waals surface area contributed by atoms with E-state index in [1.165, 1.54) is 16.6 Å². The second-order valence-electron chi connectivity index (χ2n) is 7.41. The highest BCUT2D eigenvalue weighted by atomic mass is 32.2. The SMILES string of the molecule is Cc1nc(S(=O)(=O)N2CCC(C(=O)Nc3ccc4oc(=O)ccc4c3)CC2)cn1C. The zero-order chi connectivity index (χ0) is 21.5. The molecule has 0 radical (unpaired) electrons. The number of benzene rings is 1. The van der Waals surface area contributed by atoms with Gasteiger partial charge in [-0.2, -0.15) is 4.31 Å². The Morgan fingerprint density at radius 1 is 1.20 bits per heavy atom. The molecule has 3 aromatic rings. The Morgan fingerprint density at radius 2 is 1.93 bits per heavy atom. The monoisotopic (exact) mass is 430 g/mol. The van der Waals surface area contributed by atoms with E-state index in [2.05, 4.69) is 10.3 Å². The smallest absolute Gasteiger partial charge is 0.336 e. The predicted molar refractivity (Wildman–Crippen MR) is 111 cm³/mol. The summed E-state index contributed by atoms with van der Waals surface area (Å²) in [7, 11) is -1.92. The Bertz CT molecular complexity index is 1250. The Labute approximate surface area is 173 Å². The van der Waals surface area contributed by atoms with E-state index in [1.54, 1.807) is 42.8 Å². The standard InChI is InChI=1S/C20H22N4O5S/c1-13-21-18(12-23(13)2)30(27,28)24-9-7-14(8-10-24)20(26)22-16-4-5-17-15(11-16)3-6-19(25)29-17/h3-6,11-12,14H,7-10H2,1-2H3,(H,22,26). The van der Waals surface area contributed by atoms with Gasteiger partial charge in [-0.3, -0.25) is 4.79 Å². The Balaban J connectivity index is 1.40. The molecule has 9 nitrogen and oxygen atoms in total. The number of nitrogens with zero attached hydrogens (tertiary/aromatic N) is 3. The summed E-state index contributed by atoms with van der Waals surface area (Å²) in [5, 5.41) is 3.61. The largest absolute Gasteiger partial charge is 0.423 e. The number of aryl methyl sites for hydroxylation is 2. The van der Waals surface area contributed by atoms with Gasteiger partial charge in [0.1, 0.15) is 11.4 Å². The Kier molecular flexibility index (Phi) is 5.20. The normalized spacial score (nSPS) is 16.1. The van der Waals surface area contributed by atoms with Gasteiger partial charge < -0.3 is 14.3 Å². The summed E-state index contributed by atoms with van der Waals surface area (Å²) in [6.45, 7) is 2.27. The summed E-state index contributed by atoms with van der Waals surface area (Å²) in [5.74, 6) is 0.182. The third kappa shape index (κ3) is 3.88. The van der Waals surface area contributed by atoms with Crippen LogP contribution >= 0.6 is 0 Å². The van der Waals surface area contributed by atoms with E-state index >= 15 is 0 Å². The van der Waals surface area contributed by atoms with Gasteiger partial charge in [-0.1, -0.05) is 0 Å². The van der Waals surface area contributed by atoms with Crippen LogP contribution in [-0.2, 0) is 21.9 Å². The summed E-state index contributed by atoms with van der Waals surface area (Å²) in [5.41, 5.74) is 0.617. The fourth-order valence-corrected chi connectivity index (χ4v) is 5.03. The summed E-state index contributed by atoms with van der Waals surface area (Å²) in [6, 6.07) is 8.01. The third-order valence-corrected chi connectivity index (χ3v) is 7.17. The molecule has 1 aromatic carbocycles. The topological polar surface area (TPSA) is 115 Å². The number of sulfonamides is 1. The zero-order valence-electron chi connectivity index (χ0n) is 16.7. The van der Waals surface area contributed by atoms with E-state index in [0.717, 1.165) is 0 Å². The lowest BCUT2D eigenvalue weighted by Crippen LogP contribution is -2.41. The molecule has 30 heavy (non-hydrogen) atoms. The number of aromatic nitrogens is 2. The highest BCUT2D eigenvalue weighted by Gasteiger charge is 2.33. The summed E-state index contributed by atoms with van der Waals surface area (Å²) in [4.78, 5) is 28.1. The maximum Gasteiger partial charge on any atom is 0.336 e. The molecule has 1 saturated heterocycles. The molecule has 1 fully saturated rings. The number of anilines is 1. The van der Waals surface area contributed by atoms with Crippen molar-refractivity contribution in [2.45, 2.75) is 24.8 Å². The molecular weight excluding hydrogens is 408 g/mol. The van der Waals surface area contributed by atoms with E-state index in [1.807, 2.05) is 0 Å². The van der Waals surface area contributed by atoms with Gasteiger partial charge in [0.2, 0.25) is 5.91 Å². The molecule has 2 aromatic heterocycles. The minimum atomic E-state index is -3.67. The molecule has 0 unspecified atom stereocenters. The zero-order valence-corrected chi connectivity index (χ0v) is 17.5. The molecule has 1 N–H and O–H groups in total. The number of fused-ring (bicyclic) bond motifs is 1. The molecule has 0 atom stereocenters. The predicted octanol–water partition coefficient (Wildman–Crippen LogP) is 1.87. The molecule has 10 heteroatoms. The first kappa shape index (κ1) is 20.3. The Hall–Kier alpha value is -2.98. The molecule has 1 aliphatic heterocycles. The van der Waals surface area contributed by atoms with Crippen molar-refractivity contribution in [3.63, 3.8) is 0 Å². The molecule has 4 rings (SSSR count). The molecule has 3 heterocycles.